The average Bonchev–Trinajstić information content (AvgIpc) is 2.94. The van der Waals surface area contributed by atoms with Gasteiger partial charge in [0.2, 0.25) is 5.91 Å². The van der Waals surface area contributed by atoms with Crippen molar-refractivity contribution < 1.29 is 22.4 Å². The summed E-state index contributed by atoms with van der Waals surface area (Å²) in [4.78, 5) is 27.7. The van der Waals surface area contributed by atoms with Crippen LogP contribution in [0.4, 0.5) is 14.3 Å². The van der Waals surface area contributed by atoms with Gasteiger partial charge in [-0.05, 0) is 31.5 Å². The maximum Gasteiger partial charge on any atom is 0.321 e. The second-order valence-corrected chi connectivity index (χ2v) is 8.92. The van der Waals surface area contributed by atoms with E-state index < -0.39 is 21.7 Å². The summed E-state index contributed by atoms with van der Waals surface area (Å²) in [5.74, 6) is -1.000. The zero-order valence-corrected chi connectivity index (χ0v) is 17.3. The van der Waals surface area contributed by atoms with Crippen LogP contribution < -0.4 is 16.0 Å². The van der Waals surface area contributed by atoms with Gasteiger partial charge in [-0.25, -0.2) is 22.6 Å². The summed E-state index contributed by atoms with van der Waals surface area (Å²) < 4.78 is 37.2. The number of halogens is 1. The highest BCUT2D eigenvalue weighted by atomic mass is 32.2. The fourth-order valence-electron chi connectivity index (χ4n) is 2.38. The Morgan fingerprint density at radius 2 is 1.96 bits per heavy atom. The number of aryl methyl sites for hydroxylation is 1. The van der Waals surface area contributed by atoms with E-state index in [1.165, 1.54) is 12.1 Å². The summed E-state index contributed by atoms with van der Waals surface area (Å²) in [6.07, 6.45) is 1.10. The predicted molar refractivity (Wildman–Crippen MR) is 106 cm³/mol. The minimum absolute atomic E-state index is 0.158. The molecule has 1 aromatic heterocycles. The largest absolute Gasteiger partial charge is 0.356 e. The molecule has 3 N–H and O–H groups in total. The number of urea groups is 1. The van der Waals surface area contributed by atoms with E-state index in [1.54, 1.807) is 13.8 Å². The number of benzene rings is 1. The molecule has 0 aliphatic carbocycles. The monoisotopic (exact) mass is 428 g/mol. The number of sulfone groups is 1. The predicted octanol–water partition coefficient (Wildman–Crippen LogP) is 2.31. The lowest BCUT2D eigenvalue weighted by Crippen LogP contribution is -2.33. The third-order valence-corrected chi connectivity index (χ3v) is 5.87. The smallest absolute Gasteiger partial charge is 0.321 e. The van der Waals surface area contributed by atoms with Gasteiger partial charge in [-0.15, -0.1) is 0 Å². The van der Waals surface area contributed by atoms with E-state index in [0.717, 1.165) is 23.7 Å². The average molecular weight is 429 g/mol. The Labute approximate surface area is 166 Å². The number of anilines is 1. The fourth-order valence-corrected chi connectivity index (χ4v) is 4.06. The van der Waals surface area contributed by atoms with Crippen LogP contribution in [0.2, 0.25) is 0 Å². The molecule has 0 atom stereocenters. The first-order valence-corrected chi connectivity index (χ1v) is 11.1. The Bertz CT molecular complexity index is 989. The molecule has 2 rings (SSSR count). The van der Waals surface area contributed by atoms with Gasteiger partial charge in [-0.1, -0.05) is 17.4 Å². The van der Waals surface area contributed by atoms with Crippen LogP contribution in [-0.4, -0.2) is 44.7 Å². The summed E-state index contributed by atoms with van der Waals surface area (Å²) in [7, 11) is -3.65. The molecule has 0 unspecified atom stereocenters. The molecule has 0 fully saturated rings. The molecular formula is C17H21FN4O4S2. The van der Waals surface area contributed by atoms with Crippen LogP contribution in [0.1, 0.15) is 19.0 Å². The highest BCUT2D eigenvalue weighted by Crippen LogP contribution is 2.34. The molecule has 3 amide bonds. The number of carbonyl (C=O) groups is 2. The maximum absolute atomic E-state index is 14.1. The summed E-state index contributed by atoms with van der Waals surface area (Å²) in [5, 5.41) is 8.04. The van der Waals surface area contributed by atoms with E-state index in [4.69, 9.17) is 0 Å². The Morgan fingerprint density at radius 1 is 1.25 bits per heavy atom. The van der Waals surface area contributed by atoms with Crippen molar-refractivity contribution in [3.63, 3.8) is 0 Å². The summed E-state index contributed by atoms with van der Waals surface area (Å²) in [6.45, 7) is 4.21. The van der Waals surface area contributed by atoms with E-state index in [9.17, 15) is 22.4 Å². The van der Waals surface area contributed by atoms with Crippen LogP contribution in [0.5, 0.6) is 0 Å². The number of aromatic nitrogens is 1. The zero-order valence-electron chi connectivity index (χ0n) is 15.6. The van der Waals surface area contributed by atoms with Gasteiger partial charge >= 0.3 is 6.03 Å². The number of hydrogen-bond donors (Lipinski definition) is 3. The van der Waals surface area contributed by atoms with Crippen molar-refractivity contribution in [3.05, 3.63) is 29.7 Å². The van der Waals surface area contributed by atoms with Crippen molar-refractivity contribution in [3.8, 4) is 10.4 Å². The molecule has 1 heterocycles. The number of hydrogen-bond acceptors (Lipinski definition) is 6. The van der Waals surface area contributed by atoms with Gasteiger partial charge in [-0.3, -0.25) is 10.1 Å². The minimum Gasteiger partial charge on any atom is -0.356 e. The van der Waals surface area contributed by atoms with Crippen LogP contribution >= 0.6 is 11.3 Å². The fraction of sp³-hybridized carbons (Fsp3) is 0.353. The van der Waals surface area contributed by atoms with Crippen molar-refractivity contribution in [2.45, 2.75) is 25.2 Å². The lowest BCUT2D eigenvalue weighted by Gasteiger charge is -2.05. The first kappa shape index (κ1) is 21.8. The third-order valence-electron chi connectivity index (χ3n) is 3.62. The molecule has 0 saturated heterocycles. The third kappa shape index (κ3) is 5.73. The van der Waals surface area contributed by atoms with E-state index in [-0.39, 0.29) is 23.8 Å². The van der Waals surface area contributed by atoms with Gasteiger partial charge in [0.1, 0.15) is 10.7 Å². The highest BCUT2D eigenvalue weighted by molar-refractivity contribution is 7.90. The van der Waals surface area contributed by atoms with E-state index in [2.05, 4.69) is 20.9 Å². The Balaban J connectivity index is 2.06. The van der Waals surface area contributed by atoms with Crippen LogP contribution in [0, 0.1) is 12.7 Å². The van der Waals surface area contributed by atoms with Crippen molar-refractivity contribution >= 4 is 38.2 Å². The van der Waals surface area contributed by atoms with Crippen LogP contribution in [-0.2, 0) is 14.6 Å². The van der Waals surface area contributed by atoms with E-state index in [1.807, 2.05) is 0 Å². The zero-order chi connectivity index (χ0) is 20.9. The lowest BCUT2D eigenvalue weighted by molar-refractivity contribution is -0.120. The van der Waals surface area contributed by atoms with E-state index >= 15 is 0 Å². The van der Waals surface area contributed by atoms with Gasteiger partial charge < -0.3 is 10.6 Å². The molecular weight excluding hydrogens is 407 g/mol. The molecule has 8 nitrogen and oxygen atoms in total. The van der Waals surface area contributed by atoms with Crippen molar-refractivity contribution in [1.29, 1.82) is 0 Å². The topological polar surface area (TPSA) is 117 Å². The number of carbonyl (C=O) groups excluding carboxylic acids is 2. The SMILES string of the molecule is CCNC(=O)CCNC(=O)Nc1nc(C)c(-c2ccc(S(C)(=O)=O)c(F)c2)s1. The Hall–Kier alpha value is -2.53. The molecule has 0 bridgehead atoms. The quantitative estimate of drug-likeness (QED) is 0.626. The molecule has 0 spiro atoms. The number of amides is 3. The molecule has 2 aromatic rings. The number of nitrogens with zero attached hydrogens (tertiary/aromatic N) is 1. The van der Waals surface area contributed by atoms with E-state index in [0.29, 0.717) is 27.8 Å². The van der Waals surface area contributed by atoms with Crippen molar-refractivity contribution in [2.24, 2.45) is 0 Å². The minimum atomic E-state index is -3.65. The first-order valence-electron chi connectivity index (χ1n) is 8.40. The first-order chi connectivity index (χ1) is 13.1. The summed E-state index contributed by atoms with van der Waals surface area (Å²) in [6, 6.07) is 3.33. The van der Waals surface area contributed by atoms with Gasteiger partial charge in [0.25, 0.3) is 0 Å². The number of thiazole rings is 1. The molecule has 0 saturated carbocycles. The Kier molecular flexibility index (Phi) is 7.08. The molecule has 152 valence electrons. The second-order valence-electron chi connectivity index (χ2n) is 5.94. The number of nitrogens with one attached hydrogen (secondary N) is 3. The molecule has 0 aliphatic heterocycles. The summed E-state index contributed by atoms with van der Waals surface area (Å²) >= 11 is 1.13. The van der Waals surface area contributed by atoms with Crippen molar-refractivity contribution in [2.75, 3.05) is 24.7 Å². The normalized spacial score (nSPS) is 11.1. The number of rotatable bonds is 7. The van der Waals surface area contributed by atoms with Crippen molar-refractivity contribution in [1.82, 2.24) is 15.6 Å². The second kappa shape index (κ2) is 9.11. The standard InChI is InChI=1S/C17H21FN4O4S2/c1-4-19-14(23)7-8-20-16(24)22-17-21-10(2)15(27-17)11-5-6-13(12(18)9-11)28(3,25)26/h5-6,9H,4,7-8H2,1-3H3,(H,19,23)(H2,20,21,22,24). The lowest BCUT2D eigenvalue weighted by atomic mass is 10.1. The Morgan fingerprint density at radius 3 is 2.57 bits per heavy atom. The molecule has 0 radical (unpaired) electrons. The van der Waals surface area contributed by atoms with Gasteiger partial charge in [0.05, 0.1) is 10.6 Å². The summed E-state index contributed by atoms with van der Waals surface area (Å²) in [5.41, 5.74) is 1.03. The van der Waals surface area contributed by atoms with Gasteiger partial charge in [0.15, 0.2) is 15.0 Å². The molecule has 11 heteroatoms. The molecule has 28 heavy (non-hydrogen) atoms. The highest BCUT2D eigenvalue weighted by Gasteiger charge is 2.17. The molecule has 0 aliphatic rings. The van der Waals surface area contributed by atoms with Gasteiger partial charge in [0, 0.05) is 25.8 Å². The van der Waals surface area contributed by atoms with Crippen LogP contribution in [0.25, 0.3) is 10.4 Å². The van der Waals surface area contributed by atoms with Crippen LogP contribution in [0.3, 0.4) is 0 Å². The molecule has 1 aromatic carbocycles. The van der Waals surface area contributed by atoms with Crippen LogP contribution in [0.15, 0.2) is 23.1 Å². The maximum atomic E-state index is 14.1. The van der Waals surface area contributed by atoms with Gasteiger partial charge in [-0.2, -0.15) is 0 Å².